The third-order valence-electron chi connectivity index (χ3n) is 2.13. The van der Waals surface area contributed by atoms with Crippen LogP contribution in [0.1, 0.15) is 30.9 Å². The molecule has 1 nitrogen and oxygen atoms in total. The predicted octanol–water partition coefficient (Wildman–Crippen LogP) is 3.47. The highest BCUT2D eigenvalue weighted by molar-refractivity contribution is 5.39. The monoisotopic (exact) mass is 196 g/mol. The van der Waals surface area contributed by atoms with Gasteiger partial charge in [-0.2, -0.15) is 0 Å². The van der Waals surface area contributed by atoms with Gasteiger partial charge in [-0.3, -0.25) is 0 Å². The fraction of sp³-hybridized carbons (Fsp3) is 0.500. The standard InChI is InChI=1S/C12H17FO/c1-9(2)11-5-4-10(3)8-12(11)14-7-6-13/h4-5,8-9H,6-7H2,1-3H3. The summed E-state index contributed by atoms with van der Waals surface area (Å²) in [7, 11) is 0. The van der Waals surface area contributed by atoms with Crippen LogP contribution in [0.25, 0.3) is 0 Å². The Morgan fingerprint density at radius 1 is 1.36 bits per heavy atom. The first-order chi connectivity index (χ1) is 6.65. The van der Waals surface area contributed by atoms with E-state index in [1.54, 1.807) is 0 Å². The van der Waals surface area contributed by atoms with Gasteiger partial charge in [-0.15, -0.1) is 0 Å². The van der Waals surface area contributed by atoms with Crippen LogP contribution in [0.15, 0.2) is 18.2 Å². The van der Waals surface area contributed by atoms with Crippen LogP contribution in [-0.2, 0) is 0 Å². The van der Waals surface area contributed by atoms with Crippen LogP contribution >= 0.6 is 0 Å². The molecule has 0 aliphatic rings. The molecule has 0 bridgehead atoms. The van der Waals surface area contributed by atoms with Gasteiger partial charge in [0.1, 0.15) is 19.0 Å². The van der Waals surface area contributed by atoms with Gasteiger partial charge < -0.3 is 4.74 Å². The number of aryl methyl sites for hydroxylation is 1. The molecule has 78 valence electrons. The van der Waals surface area contributed by atoms with Gasteiger partial charge in [-0.1, -0.05) is 26.0 Å². The van der Waals surface area contributed by atoms with E-state index in [1.165, 1.54) is 0 Å². The highest BCUT2D eigenvalue weighted by atomic mass is 19.1. The summed E-state index contributed by atoms with van der Waals surface area (Å²) in [4.78, 5) is 0. The molecule has 0 unspecified atom stereocenters. The lowest BCUT2D eigenvalue weighted by Gasteiger charge is -2.13. The van der Waals surface area contributed by atoms with Crippen LogP contribution in [0.2, 0.25) is 0 Å². The largest absolute Gasteiger partial charge is 0.491 e. The van der Waals surface area contributed by atoms with Gasteiger partial charge in [-0.25, -0.2) is 4.39 Å². The number of alkyl halides is 1. The van der Waals surface area contributed by atoms with Crippen molar-refractivity contribution in [3.8, 4) is 5.75 Å². The third-order valence-corrected chi connectivity index (χ3v) is 2.13. The van der Waals surface area contributed by atoms with Crippen molar-refractivity contribution in [2.75, 3.05) is 13.3 Å². The summed E-state index contributed by atoms with van der Waals surface area (Å²) in [6.07, 6.45) is 0. The second kappa shape index (κ2) is 4.99. The van der Waals surface area contributed by atoms with Gasteiger partial charge in [0.15, 0.2) is 0 Å². The zero-order valence-corrected chi connectivity index (χ0v) is 9.01. The van der Waals surface area contributed by atoms with Crippen molar-refractivity contribution >= 4 is 0 Å². The molecule has 0 radical (unpaired) electrons. The third kappa shape index (κ3) is 2.72. The van der Waals surface area contributed by atoms with E-state index in [9.17, 15) is 4.39 Å². The summed E-state index contributed by atoms with van der Waals surface area (Å²) in [5, 5.41) is 0. The Balaban J connectivity index is 2.91. The van der Waals surface area contributed by atoms with E-state index in [0.717, 1.165) is 16.9 Å². The molecule has 0 N–H and O–H groups in total. The predicted molar refractivity (Wildman–Crippen MR) is 56.7 cm³/mol. The fourth-order valence-corrected chi connectivity index (χ4v) is 1.39. The van der Waals surface area contributed by atoms with Crippen molar-refractivity contribution in [3.63, 3.8) is 0 Å². The van der Waals surface area contributed by atoms with Crippen molar-refractivity contribution in [2.45, 2.75) is 26.7 Å². The molecular weight excluding hydrogens is 179 g/mol. The zero-order valence-electron chi connectivity index (χ0n) is 9.01. The molecule has 1 aromatic carbocycles. The minimum Gasteiger partial charge on any atom is -0.491 e. The first-order valence-electron chi connectivity index (χ1n) is 4.94. The molecule has 0 fully saturated rings. The highest BCUT2D eigenvalue weighted by Crippen LogP contribution is 2.27. The van der Waals surface area contributed by atoms with Gasteiger partial charge in [0.25, 0.3) is 0 Å². The van der Waals surface area contributed by atoms with Crippen LogP contribution in [0.3, 0.4) is 0 Å². The van der Waals surface area contributed by atoms with Crippen LogP contribution in [0.4, 0.5) is 4.39 Å². The minimum atomic E-state index is -0.439. The second-order valence-electron chi connectivity index (χ2n) is 3.73. The van der Waals surface area contributed by atoms with Crippen LogP contribution in [0.5, 0.6) is 5.75 Å². The second-order valence-corrected chi connectivity index (χ2v) is 3.73. The van der Waals surface area contributed by atoms with E-state index >= 15 is 0 Å². The number of hydrogen-bond donors (Lipinski definition) is 0. The van der Waals surface area contributed by atoms with Crippen LogP contribution in [-0.4, -0.2) is 13.3 Å². The molecular formula is C12H17FO. The lowest BCUT2D eigenvalue weighted by Crippen LogP contribution is -2.02. The molecule has 0 amide bonds. The summed E-state index contributed by atoms with van der Waals surface area (Å²) < 4.78 is 17.3. The Morgan fingerprint density at radius 2 is 2.07 bits per heavy atom. The van der Waals surface area contributed by atoms with Gasteiger partial charge in [0.2, 0.25) is 0 Å². The number of hydrogen-bond acceptors (Lipinski definition) is 1. The Morgan fingerprint density at radius 3 is 2.64 bits per heavy atom. The smallest absolute Gasteiger partial charge is 0.123 e. The molecule has 0 saturated carbocycles. The average Bonchev–Trinajstić information content (AvgIpc) is 2.14. The van der Waals surface area contributed by atoms with Crippen molar-refractivity contribution in [1.29, 1.82) is 0 Å². The molecule has 0 atom stereocenters. The Labute approximate surface area is 84.9 Å². The maximum atomic E-state index is 12.0. The fourth-order valence-electron chi connectivity index (χ4n) is 1.39. The summed E-state index contributed by atoms with van der Waals surface area (Å²) in [5.41, 5.74) is 2.28. The van der Waals surface area contributed by atoms with Gasteiger partial charge in [0, 0.05) is 0 Å². The van der Waals surface area contributed by atoms with E-state index in [-0.39, 0.29) is 6.61 Å². The van der Waals surface area contributed by atoms with E-state index in [4.69, 9.17) is 4.74 Å². The summed E-state index contributed by atoms with van der Waals surface area (Å²) >= 11 is 0. The molecule has 0 saturated heterocycles. The van der Waals surface area contributed by atoms with Crippen LogP contribution in [0, 0.1) is 6.92 Å². The van der Waals surface area contributed by atoms with E-state index in [2.05, 4.69) is 19.9 Å². The number of halogens is 1. The van der Waals surface area contributed by atoms with E-state index < -0.39 is 6.67 Å². The maximum Gasteiger partial charge on any atom is 0.123 e. The van der Waals surface area contributed by atoms with Gasteiger partial charge in [0.05, 0.1) is 0 Å². The summed E-state index contributed by atoms with van der Waals surface area (Å²) in [5.74, 6) is 1.22. The first kappa shape index (κ1) is 11.0. The molecule has 0 aromatic heterocycles. The number of benzene rings is 1. The number of ether oxygens (including phenoxy) is 1. The molecule has 14 heavy (non-hydrogen) atoms. The van der Waals surface area contributed by atoms with Crippen LogP contribution < -0.4 is 4.74 Å². The molecule has 1 rings (SSSR count). The SMILES string of the molecule is Cc1ccc(C(C)C)c(OCCF)c1. The topological polar surface area (TPSA) is 9.23 Å². The van der Waals surface area contributed by atoms with E-state index in [0.29, 0.717) is 5.92 Å². The lowest BCUT2D eigenvalue weighted by molar-refractivity contribution is 0.270. The van der Waals surface area contributed by atoms with E-state index in [1.807, 2.05) is 19.1 Å². The van der Waals surface area contributed by atoms with Crippen molar-refractivity contribution in [3.05, 3.63) is 29.3 Å². The summed E-state index contributed by atoms with van der Waals surface area (Å²) in [6, 6.07) is 6.07. The highest BCUT2D eigenvalue weighted by Gasteiger charge is 2.07. The molecule has 0 aliphatic heterocycles. The van der Waals surface area contributed by atoms with Gasteiger partial charge >= 0.3 is 0 Å². The molecule has 1 aromatic rings. The maximum absolute atomic E-state index is 12.0. The minimum absolute atomic E-state index is 0.142. The Hall–Kier alpha value is -1.05. The van der Waals surface area contributed by atoms with Crippen molar-refractivity contribution < 1.29 is 9.13 Å². The molecule has 2 heteroatoms. The Kier molecular flexibility index (Phi) is 3.93. The lowest BCUT2D eigenvalue weighted by atomic mass is 10.0. The Bertz CT molecular complexity index is 294. The molecule has 0 spiro atoms. The normalized spacial score (nSPS) is 10.6. The first-order valence-corrected chi connectivity index (χ1v) is 4.94. The van der Waals surface area contributed by atoms with Crippen molar-refractivity contribution in [2.24, 2.45) is 0 Å². The summed E-state index contributed by atoms with van der Waals surface area (Å²) in [6.45, 7) is 5.92. The zero-order chi connectivity index (χ0) is 10.6. The van der Waals surface area contributed by atoms with Gasteiger partial charge in [-0.05, 0) is 30.0 Å². The number of rotatable bonds is 4. The molecule has 0 heterocycles. The van der Waals surface area contributed by atoms with Crippen molar-refractivity contribution in [1.82, 2.24) is 0 Å². The molecule has 0 aliphatic carbocycles. The average molecular weight is 196 g/mol. The quantitative estimate of drug-likeness (QED) is 0.716.